The van der Waals surface area contributed by atoms with Crippen molar-refractivity contribution in [3.05, 3.63) is 63.6 Å². The largest absolute Gasteiger partial charge is 0.310 e. The number of nitrogens with one attached hydrogen (secondary N) is 1. The number of hydrogen-bond donors (Lipinski definition) is 1. The summed E-state index contributed by atoms with van der Waals surface area (Å²) < 4.78 is 0. The summed E-state index contributed by atoms with van der Waals surface area (Å²) >= 11 is 13.9. The maximum Gasteiger partial charge on any atom is 0.0410 e. The second-order valence-corrected chi connectivity index (χ2v) is 7.21. The summed E-state index contributed by atoms with van der Waals surface area (Å²) in [5.74, 6) is 0.940. The molecule has 1 saturated carbocycles. The van der Waals surface area contributed by atoms with E-state index < -0.39 is 0 Å². The summed E-state index contributed by atoms with van der Waals surface area (Å²) in [5, 5.41) is 5.14. The van der Waals surface area contributed by atoms with Crippen LogP contribution in [0.4, 0.5) is 0 Å². The Morgan fingerprint density at radius 2 is 1.71 bits per heavy atom. The molecule has 0 unspecified atom stereocenters. The first kappa shape index (κ1) is 15.2. The summed E-state index contributed by atoms with van der Waals surface area (Å²) in [5.41, 5.74) is 2.56. The monoisotopic (exact) mass is 337 g/mol. The number of thioether (sulfide) groups is 1. The van der Waals surface area contributed by atoms with Crippen LogP contribution < -0.4 is 5.32 Å². The zero-order chi connectivity index (χ0) is 14.7. The molecule has 1 fully saturated rings. The van der Waals surface area contributed by atoms with Crippen molar-refractivity contribution in [3.63, 3.8) is 0 Å². The number of hydrogen-bond acceptors (Lipinski definition) is 2. The van der Waals surface area contributed by atoms with Gasteiger partial charge in [0.05, 0.1) is 0 Å². The van der Waals surface area contributed by atoms with E-state index in [-0.39, 0.29) is 0 Å². The van der Waals surface area contributed by atoms with Gasteiger partial charge in [-0.15, -0.1) is 11.8 Å². The minimum atomic E-state index is 0.707. The molecule has 1 nitrogen and oxygen atoms in total. The molecule has 1 aliphatic rings. The van der Waals surface area contributed by atoms with Crippen LogP contribution in [0.15, 0.2) is 47.4 Å². The molecule has 0 atom stereocenters. The Balaban J connectivity index is 1.66. The smallest absolute Gasteiger partial charge is 0.0410 e. The summed E-state index contributed by atoms with van der Waals surface area (Å²) in [6.45, 7) is 0.897. The van der Waals surface area contributed by atoms with E-state index in [1.165, 1.54) is 28.9 Å². The van der Waals surface area contributed by atoms with Gasteiger partial charge in [0.2, 0.25) is 0 Å². The van der Waals surface area contributed by atoms with Gasteiger partial charge in [0, 0.05) is 33.3 Å². The molecule has 110 valence electrons. The topological polar surface area (TPSA) is 12.0 Å². The molecule has 0 heterocycles. The molecule has 4 heteroatoms. The van der Waals surface area contributed by atoms with Crippen LogP contribution >= 0.6 is 35.0 Å². The Morgan fingerprint density at radius 1 is 1.00 bits per heavy atom. The van der Waals surface area contributed by atoms with E-state index in [0.29, 0.717) is 6.04 Å². The van der Waals surface area contributed by atoms with Crippen LogP contribution in [0.25, 0.3) is 0 Å². The van der Waals surface area contributed by atoms with E-state index in [1.807, 2.05) is 30.0 Å². The van der Waals surface area contributed by atoms with Crippen LogP contribution in [0.3, 0.4) is 0 Å². The fourth-order valence-electron chi connectivity index (χ4n) is 2.11. The third-order valence-corrected chi connectivity index (χ3v) is 5.16. The van der Waals surface area contributed by atoms with E-state index in [2.05, 4.69) is 29.6 Å². The van der Waals surface area contributed by atoms with Crippen molar-refractivity contribution in [2.75, 3.05) is 0 Å². The second kappa shape index (κ2) is 7.06. The van der Waals surface area contributed by atoms with E-state index in [1.54, 1.807) is 0 Å². The zero-order valence-corrected chi connectivity index (χ0v) is 13.9. The van der Waals surface area contributed by atoms with E-state index in [9.17, 15) is 0 Å². The maximum absolute atomic E-state index is 6.13. The standard InChI is InChI=1S/C17H17Cl2NS/c18-14-3-1-12(2-4-14)11-21-17-8-5-15(19)9-13(17)10-20-16-6-7-16/h1-5,8-9,16,20H,6-7,10-11H2. The molecule has 3 rings (SSSR count). The van der Waals surface area contributed by atoms with Crippen molar-refractivity contribution in [3.8, 4) is 0 Å². The Kier molecular flexibility index (Phi) is 5.12. The van der Waals surface area contributed by atoms with Crippen LogP contribution in [-0.4, -0.2) is 6.04 Å². The summed E-state index contributed by atoms with van der Waals surface area (Å²) in [6.07, 6.45) is 2.60. The third-order valence-electron chi connectivity index (χ3n) is 3.49. The second-order valence-electron chi connectivity index (χ2n) is 5.32. The first-order chi connectivity index (χ1) is 10.2. The van der Waals surface area contributed by atoms with Gasteiger partial charge in [0.1, 0.15) is 0 Å². The van der Waals surface area contributed by atoms with E-state index >= 15 is 0 Å². The summed E-state index contributed by atoms with van der Waals surface area (Å²) in [4.78, 5) is 1.29. The quantitative estimate of drug-likeness (QED) is 0.694. The van der Waals surface area contributed by atoms with Gasteiger partial charge in [0.25, 0.3) is 0 Å². The SMILES string of the molecule is Clc1ccc(CSc2ccc(Cl)cc2CNC2CC2)cc1. The average Bonchev–Trinajstić information content (AvgIpc) is 3.30. The van der Waals surface area contributed by atoms with Gasteiger partial charge >= 0.3 is 0 Å². The highest BCUT2D eigenvalue weighted by atomic mass is 35.5. The molecular weight excluding hydrogens is 321 g/mol. The molecule has 0 saturated heterocycles. The molecular formula is C17H17Cl2NS. The molecule has 0 radical (unpaired) electrons. The van der Waals surface area contributed by atoms with Gasteiger partial charge in [-0.25, -0.2) is 0 Å². The Bertz CT molecular complexity index is 609. The van der Waals surface area contributed by atoms with Gasteiger partial charge in [-0.05, 0) is 54.3 Å². The highest BCUT2D eigenvalue weighted by Gasteiger charge is 2.20. The molecule has 0 aliphatic heterocycles. The molecule has 1 N–H and O–H groups in total. The van der Waals surface area contributed by atoms with Crippen LogP contribution in [0.1, 0.15) is 24.0 Å². The van der Waals surface area contributed by atoms with Gasteiger partial charge in [0.15, 0.2) is 0 Å². The lowest BCUT2D eigenvalue weighted by Crippen LogP contribution is -2.15. The fourth-order valence-corrected chi connectivity index (χ4v) is 3.43. The predicted octanol–water partition coefficient (Wildman–Crippen LogP) is 5.54. The molecule has 0 aromatic heterocycles. The molecule has 21 heavy (non-hydrogen) atoms. The Hall–Kier alpha value is -0.670. The lowest BCUT2D eigenvalue weighted by molar-refractivity contribution is 0.680. The first-order valence-corrected chi connectivity index (χ1v) is 8.84. The zero-order valence-electron chi connectivity index (χ0n) is 11.6. The molecule has 0 amide bonds. The molecule has 1 aliphatic carbocycles. The van der Waals surface area contributed by atoms with Crippen molar-refractivity contribution < 1.29 is 0 Å². The van der Waals surface area contributed by atoms with Gasteiger partial charge in [-0.1, -0.05) is 35.3 Å². The van der Waals surface area contributed by atoms with Crippen molar-refractivity contribution in [1.82, 2.24) is 5.32 Å². The maximum atomic E-state index is 6.13. The van der Waals surface area contributed by atoms with Crippen molar-refractivity contribution in [1.29, 1.82) is 0 Å². The summed E-state index contributed by atoms with van der Waals surface area (Å²) in [6, 6.07) is 14.9. The predicted molar refractivity (Wildman–Crippen MR) is 92.3 cm³/mol. The highest BCUT2D eigenvalue weighted by Crippen LogP contribution is 2.30. The molecule has 0 bridgehead atoms. The number of halogens is 2. The van der Waals surface area contributed by atoms with Crippen LogP contribution in [-0.2, 0) is 12.3 Å². The highest BCUT2D eigenvalue weighted by molar-refractivity contribution is 7.98. The first-order valence-electron chi connectivity index (χ1n) is 7.10. The van der Waals surface area contributed by atoms with Crippen molar-refractivity contribution >= 4 is 35.0 Å². The van der Waals surface area contributed by atoms with E-state index in [4.69, 9.17) is 23.2 Å². The van der Waals surface area contributed by atoms with Crippen LogP contribution in [0.2, 0.25) is 10.0 Å². The van der Waals surface area contributed by atoms with Crippen molar-refractivity contribution in [2.24, 2.45) is 0 Å². The number of rotatable bonds is 6. The summed E-state index contributed by atoms with van der Waals surface area (Å²) in [7, 11) is 0. The molecule has 2 aromatic carbocycles. The van der Waals surface area contributed by atoms with Gasteiger partial charge in [-0.3, -0.25) is 0 Å². The number of benzene rings is 2. The Morgan fingerprint density at radius 3 is 2.43 bits per heavy atom. The molecule has 2 aromatic rings. The average molecular weight is 338 g/mol. The van der Waals surface area contributed by atoms with Crippen LogP contribution in [0, 0.1) is 0 Å². The fraction of sp³-hybridized carbons (Fsp3) is 0.294. The molecule has 0 spiro atoms. The minimum absolute atomic E-state index is 0.707. The minimum Gasteiger partial charge on any atom is -0.310 e. The van der Waals surface area contributed by atoms with Gasteiger partial charge < -0.3 is 5.32 Å². The lowest BCUT2D eigenvalue weighted by atomic mass is 10.2. The van der Waals surface area contributed by atoms with Gasteiger partial charge in [-0.2, -0.15) is 0 Å². The lowest BCUT2D eigenvalue weighted by Gasteiger charge is -2.11. The normalized spacial score (nSPS) is 14.4. The van der Waals surface area contributed by atoms with Crippen LogP contribution in [0.5, 0.6) is 0 Å². The van der Waals surface area contributed by atoms with E-state index in [0.717, 1.165) is 22.3 Å². The Labute approximate surface area is 140 Å². The third kappa shape index (κ3) is 4.65. The van der Waals surface area contributed by atoms with Crippen molar-refractivity contribution in [2.45, 2.75) is 36.1 Å².